The average molecular weight is 1800 g/mol. The SMILES string of the molecule is C1CCOC1.CN.CN(C[C@@H]1CN(C(=O)OCc2ccccc2)CCO1)C(=O)OC(C)(C)C.CN(C[C@@H]1CNCCO1)C(=O)OC(C)(C)C.CNC[C@@H]1CN(C(=O)OCc2ccccc2)CCO1.CO.CS(=O)(=O)OC[C@@H]1CN(C(=O)OCc2ccccc2)CCO1.O=C(OCc1ccccc1)N1CCO[C@H](CO)C1.OC[C@@H]1CNCCO1.[CH3-].[Y]. The maximum absolute atomic E-state index is 12.3. The van der Waals surface area contributed by atoms with Crippen molar-refractivity contribution in [3.8, 4) is 0 Å². The van der Waals surface area contributed by atoms with Gasteiger partial charge in [0.1, 0.15) is 43.7 Å². The summed E-state index contributed by atoms with van der Waals surface area (Å²) in [5.41, 5.74) is 7.30. The molecule has 37 heteroatoms. The summed E-state index contributed by atoms with van der Waals surface area (Å²) in [4.78, 5) is 81.1. The van der Waals surface area contributed by atoms with Gasteiger partial charge < -0.3 is 135 Å². The predicted octanol–water partition coefficient (Wildman–Crippen LogP) is 6.39. The first-order valence-corrected chi connectivity index (χ1v) is 41.5. The molecule has 6 amide bonds. The zero-order chi connectivity index (χ0) is 87.0. The van der Waals surface area contributed by atoms with Gasteiger partial charge in [0.25, 0.3) is 10.1 Å². The van der Waals surface area contributed by atoms with Crippen molar-refractivity contribution in [2.75, 3.05) is 212 Å². The number of nitrogens with two attached hydrogens (primary N) is 1. The number of aliphatic hydroxyl groups excluding tert-OH is 3. The first-order chi connectivity index (χ1) is 56.6. The van der Waals surface area contributed by atoms with Crippen molar-refractivity contribution in [2.24, 2.45) is 5.73 Å². The van der Waals surface area contributed by atoms with E-state index in [4.69, 9.17) is 81.1 Å². The van der Waals surface area contributed by atoms with E-state index in [9.17, 15) is 37.2 Å². The molecular weight excluding hydrogens is 1660 g/mol. The van der Waals surface area contributed by atoms with Crippen LogP contribution < -0.4 is 21.7 Å². The summed E-state index contributed by atoms with van der Waals surface area (Å²) in [6.45, 7) is 25.7. The minimum absolute atomic E-state index is 0. The normalized spacial score (nSPS) is 19.3. The molecule has 679 valence electrons. The van der Waals surface area contributed by atoms with Crippen molar-refractivity contribution in [1.29, 1.82) is 0 Å². The number of nitrogens with one attached hydrogen (secondary N) is 3. The van der Waals surface area contributed by atoms with Crippen LogP contribution in [0.15, 0.2) is 121 Å². The van der Waals surface area contributed by atoms with Crippen LogP contribution in [-0.2, 0) is 135 Å². The van der Waals surface area contributed by atoms with E-state index < -0.39 is 39.6 Å². The molecule has 7 fully saturated rings. The second kappa shape index (κ2) is 64.7. The molecule has 0 aliphatic carbocycles. The number of morpholine rings is 6. The van der Waals surface area contributed by atoms with Gasteiger partial charge in [0, 0.05) is 126 Å². The van der Waals surface area contributed by atoms with Crippen molar-refractivity contribution in [3.05, 3.63) is 151 Å². The third kappa shape index (κ3) is 51.8. The first kappa shape index (κ1) is 111. The van der Waals surface area contributed by atoms with Crippen LogP contribution in [-0.4, -0.2) is 350 Å². The standard InChI is InChI=1S/C19H28N2O5.C14H20N2O3.C14H19NO6S.C13H17NO4.C11H22N2O3.C5H11NO2.C4H8O.CH5N.CH4O.CH3.Y/c1-19(2,3)26-17(22)20(4)12-16-13-21(10-11-24-16)18(23)25-14-15-8-6-5-7-9-15;1-15-9-13-10-16(7-8-18-13)14(17)19-11-12-5-3-2-4-6-12;1-22(17,18)21-11-13-9-15(7-8-19-13)14(16)20-10-12-5-3-2-4-6-12;15-9-12-8-14(6-7-17-12)13(16)18-10-11-4-2-1-3-5-11;1-11(2,3)16-10(14)13(4)8-9-7-12-5-6-15-9;7-4-5-3-6-1-2-8-5;1-2-4-5-3-1;2*1-2;;/h5-9,16H,10-14H2,1-4H3;2-6,13,15H,7-11H2,1H3;2-6,13H,7-11H2,1H3;1-5,12,15H,6-10H2;9,12H,5-8H2,1-4H3;5-7H,1-4H2;1-4H2;2H2,1H3;2H,1H3;1H3;/q;;;;;;;;;-1;/t16-;2*13-;12-;9-;5-;;;;;/m110000...../s1. The molecule has 4 aromatic rings. The second-order valence-electron chi connectivity index (χ2n) is 29.3. The number of hydrogen-bond acceptors (Lipinski definition) is 29. The Balaban J connectivity index is 0.000000715. The van der Waals surface area contributed by atoms with E-state index in [0.29, 0.717) is 98.5 Å². The van der Waals surface area contributed by atoms with E-state index in [-0.39, 0.29) is 141 Å². The maximum Gasteiger partial charge on any atom is 0.410 e. The molecule has 120 heavy (non-hydrogen) atoms. The van der Waals surface area contributed by atoms with Gasteiger partial charge in [-0.15, -0.1) is 0 Å². The number of hydrogen-bond donors (Lipinski definition) is 7. The Kier molecular flexibility index (Phi) is 59.8. The Bertz CT molecular complexity index is 3420. The Morgan fingerprint density at radius 3 is 1.07 bits per heavy atom. The van der Waals surface area contributed by atoms with Crippen molar-refractivity contribution in [2.45, 2.75) is 129 Å². The van der Waals surface area contributed by atoms with Crippen LogP contribution in [0.1, 0.15) is 76.6 Å². The fourth-order valence-electron chi connectivity index (χ4n) is 11.1. The summed E-state index contributed by atoms with van der Waals surface area (Å²) < 4.78 is 95.8. The molecule has 1 radical (unpaired) electrons. The number of amides is 6. The number of ether oxygens (including phenoxy) is 13. The molecule has 0 bridgehead atoms. The molecule has 8 N–H and O–H groups in total. The Labute approximate surface area is 736 Å². The van der Waals surface area contributed by atoms with Crippen molar-refractivity contribution in [1.82, 2.24) is 45.3 Å². The Hall–Kier alpha value is -7.05. The molecule has 6 atom stereocenters. The molecule has 35 nitrogen and oxygen atoms in total. The molecule has 0 spiro atoms. The van der Waals surface area contributed by atoms with Crippen molar-refractivity contribution < 1.29 is 151 Å². The molecule has 0 saturated carbocycles. The van der Waals surface area contributed by atoms with E-state index in [1.165, 1.54) is 29.7 Å². The topological polar surface area (TPSA) is 408 Å². The van der Waals surface area contributed by atoms with E-state index >= 15 is 0 Å². The predicted molar refractivity (Wildman–Crippen MR) is 448 cm³/mol. The summed E-state index contributed by atoms with van der Waals surface area (Å²) in [6.07, 6.45) is 0.445. The number of nitrogens with zero attached hydrogens (tertiary/aromatic N) is 6. The van der Waals surface area contributed by atoms with Gasteiger partial charge in [-0.2, -0.15) is 8.42 Å². The summed E-state index contributed by atoms with van der Waals surface area (Å²) in [5, 5.41) is 33.9. The largest absolute Gasteiger partial charge is 0.445 e. The number of likely N-dealkylation sites (N-methyl/N-ethyl adjacent to an activating group) is 3. The maximum atomic E-state index is 12.3. The van der Waals surface area contributed by atoms with Gasteiger partial charge in [0.2, 0.25) is 0 Å². The second-order valence-corrected chi connectivity index (χ2v) is 30.9. The zero-order valence-electron chi connectivity index (χ0n) is 72.7. The summed E-state index contributed by atoms with van der Waals surface area (Å²) in [7, 11) is 4.23. The third-order valence-electron chi connectivity index (χ3n) is 16.9. The van der Waals surface area contributed by atoms with Crippen LogP contribution in [0, 0.1) is 7.43 Å². The van der Waals surface area contributed by atoms with Crippen molar-refractivity contribution in [3.63, 3.8) is 0 Å². The molecule has 11 rings (SSSR count). The van der Waals surface area contributed by atoms with Gasteiger partial charge in [0.05, 0.1) is 136 Å². The van der Waals surface area contributed by atoms with E-state index in [1.54, 1.807) is 33.7 Å². The monoisotopic (exact) mass is 1790 g/mol. The summed E-state index contributed by atoms with van der Waals surface area (Å²) in [5.74, 6) is 0. The van der Waals surface area contributed by atoms with E-state index in [2.05, 4.69) is 21.7 Å². The van der Waals surface area contributed by atoms with Gasteiger partial charge in [0.15, 0.2) is 0 Å². The van der Waals surface area contributed by atoms with Gasteiger partial charge in [-0.25, -0.2) is 28.8 Å². The Morgan fingerprint density at radius 1 is 0.475 bits per heavy atom. The quantitative estimate of drug-likeness (QED) is 0.0304. The fourth-order valence-corrected chi connectivity index (χ4v) is 11.5. The molecule has 7 heterocycles. The van der Waals surface area contributed by atoms with Gasteiger partial charge in [-0.3, -0.25) is 4.18 Å². The number of benzene rings is 4. The third-order valence-corrected chi connectivity index (χ3v) is 17.5. The van der Waals surface area contributed by atoms with Crippen LogP contribution in [0.3, 0.4) is 0 Å². The van der Waals surface area contributed by atoms with Crippen LogP contribution in [0.2, 0.25) is 0 Å². The van der Waals surface area contributed by atoms with Gasteiger partial charge in [-0.1, -0.05) is 121 Å². The van der Waals surface area contributed by atoms with Gasteiger partial charge in [-0.05, 0) is 90.7 Å². The number of rotatable bonds is 19. The average Bonchev–Trinajstić information content (AvgIpc) is 1.01. The first-order valence-electron chi connectivity index (χ1n) is 39.7. The van der Waals surface area contributed by atoms with E-state index in [1.807, 2.05) is 170 Å². The summed E-state index contributed by atoms with van der Waals surface area (Å²) >= 11 is 0. The minimum atomic E-state index is -3.52. The van der Waals surface area contributed by atoms with Crippen LogP contribution in [0.4, 0.5) is 28.8 Å². The summed E-state index contributed by atoms with van der Waals surface area (Å²) in [6, 6.07) is 38.1. The smallest absolute Gasteiger partial charge is 0.410 e. The molecule has 0 aromatic heterocycles. The van der Waals surface area contributed by atoms with E-state index in [0.717, 1.165) is 88.2 Å². The molecule has 4 aromatic carbocycles. The number of aliphatic hydroxyl groups is 3. The molecule has 7 aliphatic heterocycles. The van der Waals surface area contributed by atoms with Crippen LogP contribution >= 0.6 is 0 Å². The molecule has 7 aliphatic rings. The Morgan fingerprint density at radius 2 is 0.775 bits per heavy atom. The van der Waals surface area contributed by atoms with Gasteiger partial charge >= 0.3 is 36.6 Å². The molecule has 7 saturated heterocycles. The molecular formula is C83H137N10O25SY-. The fraction of sp³-hybridized carbons (Fsp3) is 0.627. The number of carbonyl (C=O) groups excluding carboxylic acids is 6. The van der Waals surface area contributed by atoms with Crippen molar-refractivity contribution >= 4 is 46.7 Å². The zero-order valence-corrected chi connectivity index (χ0v) is 76.4. The van der Waals surface area contributed by atoms with Crippen LogP contribution in [0.25, 0.3) is 0 Å². The minimum Gasteiger partial charge on any atom is -0.445 e. The molecule has 0 unspecified atom stereocenters. The van der Waals surface area contributed by atoms with Crippen LogP contribution in [0.5, 0.6) is 0 Å². The number of carbonyl (C=O) groups is 6.